The van der Waals surface area contributed by atoms with Gasteiger partial charge in [-0.3, -0.25) is 4.72 Å². The first kappa shape index (κ1) is 15.7. The zero-order chi connectivity index (χ0) is 14.5. The van der Waals surface area contributed by atoms with Crippen LogP contribution in [-0.2, 0) is 19.7 Å². The number of hydrogen-bond donors (Lipinski definition) is 3. The molecule has 19 heavy (non-hydrogen) atoms. The Balaban J connectivity index is 2.77. The smallest absolute Gasteiger partial charge is 0.296 e. The number of anilines is 2. The maximum absolute atomic E-state index is 10.9. The zero-order valence-corrected chi connectivity index (χ0v) is 11.9. The molecule has 0 spiro atoms. The van der Waals surface area contributed by atoms with Gasteiger partial charge in [-0.1, -0.05) is 6.07 Å². The van der Waals surface area contributed by atoms with Gasteiger partial charge in [0.05, 0.1) is 11.7 Å². The van der Waals surface area contributed by atoms with Crippen molar-refractivity contribution in [1.29, 1.82) is 0 Å². The summed E-state index contributed by atoms with van der Waals surface area (Å²) >= 11 is 0. The van der Waals surface area contributed by atoms with Gasteiger partial charge in [0.2, 0.25) is 0 Å². The molecule has 1 aromatic carbocycles. The molecule has 4 N–H and O–H groups in total. The third-order valence-corrected chi connectivity index (χ3v) is 2.91. The van der Waals surface area contributed by atoms with E-state index in [1.54, 1.807) is 38.5 Å². The van der Waals surface area contributed by atoms with Crippen molar-refractivity contribution < 1.29 is 17.9 Å². The van der Waals surface area contributed by atoms with E-state index in [9.17, 15) is 8.42 Å². The second-order valence-corrected chi connectivity index (χ2v) is 5.29. The quantitative estimate of drug-likeness (QED) is 0.642. The number of nitrogens with two attached hydrogens (primary N) is 1. The molecule has 0 aromatic heterocycles. The van der Waals surface area contributed by atoms with E-state index in [1.807, 2.05) is 6.92 Å². The Bertz CT molecular complexity index is 502. The number of ether oxygens (including phenoxy) is 2. The van der Waals surface area contributed by atoms with Crippen LogP contribution in [0, 0.1) is 0 Å². The topological polar surface area (TPSA) is 103 Å². The van der Waals surface area contributed by atoms with Gasteiger partial charge in [-0.05, 0) is 25.1 Å². The van der Waals surface area contributed by atoms with Crippen LogP contribution in [0.25, 0.3) is 0 Å². The Morgan fingerprint density at radius 2 is 1.79 bits per heavy atom. The van der Waals surface area contributed by atoms with Gasteiger partial charge in [-0.15, -0.1) is 0 Å². The monoisotopic (exact) mass is 289 g/mol. The summed E-state index contributed by atoms with van der Waals surface area (Å²) in [7, 11) is -0.681. The summed E-state index contributed by atoms with van der Waals surface area (Å²) < 4.78 is 34.3. The van der Waals surface area contributed by atoms with Crippen molar-refractivity contribution in [3.63, 3.8) is 0 Å². The molecule has 0 amide bonds. The second kappa shape index (κ2) is 6.71. The highest BCUT2D eigenvalue weighted by molar-refractivity contribution is 7.90. The minimum Gasteiger partial charge on any atom is -0.377 e. The maximum Gasteiger partial charge on any atom is 0.296 e. The standard InChI is InChI=1S/C11H19N3O4S/c1-8(11(17-2)18-3)13-9-5-4-6-10(7-9)14-19(12,15)16/h4-8,11,13-14H,1-3H3,(H2,12,15,16). The lowest BCUT2D eigenvalue weighted by atomic mass is 10.2. The van der Waals surface area contributed by atoms with Gasteiger partial charge in [-0.2, -0.15) is 8.42 Å². The fourth-order valence-electron chi connectivity index (χ4n) is 1.67. The van der Waals surface area contributed by atoms with E-state index in [1.165, 1.54) is 0 Å². The summed E-state index contributed by atoms with van der Waals surface area (Å²) in [6, 6.07) is 6.62. The first-order valence-electron chi connectivity index (χ1n) is 5.58. The van der Waals surface area contributed by atoms with Crippen LogP contribution >= 0.6 is 0 Å². The Kier molecular flexibility index (Phi) is 5.55. The zero-order valence-electron chi connectivity index (χ0n) is 11.1. The fraction of sp³-hybridized carbons (Fsp3) is 0.455. The fourth-order valence-corrected chi connectivity index (χ4v) is 2.13. The first-order valence-corrected chi connectivity index (χ1v) is 7.13. The van der Waals surface area contributed by atoms with Crippen LogP contribution in [0.4, 0.5) is 11.4 Å². The molecule has 0 heterocycles. The number of nitrogens with one attached hydrogen (secondary N) is 2. The minimum absolute atomic E-state index is 0.111. The van der Waals surface area contributed by atoms with Gasteiger partial charge in [0, 0.05) is 19.9 Å². The molecule has 108 valence electrons. The van der Waals surface area contributed by atoms with Gasteiger partial charge in [0.15, 0.2) is 6.29 Å². The molecule has 1 atom stereocenters. The van der Waals surface area contributed by atoms with Gasteiger partial charge >= 0.3 is 0 Å². The highest BCUT2D eigenvalue weighted by Gasteiger charge is 2.15. The normalized spacial score (nSPS) is 13.3. The molecule has 0 saturated carbocycles. The van der Waals surface area contributed by atoms with Crippen molar-refractivity contribution >= 4 is 21.6 Å². The van der Waals surface area contributed by atoms with Gasteiger partial charge in [-0.25, -0.2) is 5.14 Å². The van der Waals surface area contributed by atoms with Crippen LogP contribution in [0.2, 0.25) is 0 Å². The van der Waals surface area contributed by atoms with Crippen molar-refractivity contribution in [3.8, 4) is 0 Å². The summed E-state index contributed by atoms with van der Waals surface area (Å²) in [5.41, 5.74) is 1.10. The predicted octanol–water partition coefficient (Wildman–Crippen LogP) is 0.721. The molecule has 1 rings (SSSR count). The Hall–Kier alpha value is -1.35. The van der Waals surface area contributed by atoms with Crippen molar-refractivity contribution in [2.45, 2.75) is 19.3 Å². The predicted molar refractivity (Wildman–Crippen MR) is 74.1 cm³/mol. The molecule has 1 unspecified atom stereocenters. The molecule has 8 heteroatoms. The van der Waals surface area contributed by atoms with E-state index >= 15 is 0 Å². The molecule has 0 aliphatic heterocycles. The van der Waals surface area contributed by atoms with Crippen LogP contribution in [0.5, 0.6) is 0 Å². The largest absolute Gasteiger partial charge is 0.377 e. The Labute approximate surface area is 113 Å². The summed E-state index contributed by atoms with van der Waals surface area (Å²) in [6.07, 6.45) is -0.408. The number of hydrogen-bond acceptors (Lipinski definition) is 5. The summed E-state index contributed by atoms with van der Waals surface area (Å²) in [5, 5.41) is 8.06. The Morgan fingerprint density at radius 3 is 2.32 bits per heavy atom. The molecule has 0 bridgehead atoms. The molecule has 7 nitrogen and oxygen atoms in total. The summed E-state index contributed by atoms with van der Waals surface area (Å²) in [5.74, 6) is 0. The number of benzene rings is 1. The van der Waals surface area contributed by atoms with Gasteiger partial charge in [0.1, 0.15) is 0 Å². The lowest BCUT2D eigenvalue weighted by Crippen LogP contribution is -2.33. The van der Waals surface area contributed by atoms with E-state index in [-0.39, 0.29) is 6.04 Å². The molecule has 0 aliphatic carbocycles. The van der Waals surface area contributed by atoms with Crippen molar-refractivity contribution in [3.05, 3.63) is 24.3 Å². The lowest BCUT2D eigenvalue weighted by molar-refractivity contribution is -0.109. The van der Waals surface area contributed by atoms with Crippen molar-refractivity contribution in [2.75, 3.05) is 24.3 Å². The molecule has 1 aromatic rings. The molecule has 0 fully saturated rings. The lowest BCUT2D eigenvalue weighted by Gasteiger charge is -2.23. The SMILES string of the molecule is COC(OC)C(C)Nc1cccc(NS(N)(=O)=O)c1. The molecule has 0 saturated heterocycles. The number of methoxy groups -OCH3 is 2. The van der Waals surface area contributed by atoms with E-state index < -0.39 is 16.5 Å². The third kappa shape index (κ3) is 5.43. The van der Waals surface area contributed by atoms with Crippen LogP contribution in [0.1, 0.15) is 6.92 Å². The van der Waals surface area contributed by atoms with Crippen LogP contribution in [0.3, 0.4) is 0 Å². The van der Waals surface area contributed by atoms with Crippen molar-refractivity contribution in [1.82, 2.24) is 0 Å². The Morgan fingerprint density at radius 1 is 1.21 bits per heavy atom. The van der Waals surface area contributed by atoms with Gasteiger partial charge < -0.3 is 14.8 Å². The molecule has 0 aliphatic rings. The van der Waals surface area contributed by atoms with Crippen LogP contribution in [0.15, 0.2) is 24.3 Å². The molecule has 0 radical (unpaired) electrons. The first-order chi connectivity index (χ1) is 8.85. The van der Waals surface area contributed by atoms with Crippen LogP contribution < -0.4 is 15.2 Å². The second-order valence-electron chi connectivity index (χ2n) is 4.00. The molecular weight excluding hydrogens is 270 g/mol. The highest BCUT2D eigenvalue weighted by Crippen LogP contribution is 2.17. The van der Waals surface area contributed by atoms with Gasteiger partial charge in [0.25, 0.3) is 10.2 Å². The highest BCUT2D eigenvalue weighted by atomic mass is 32.2. The summed E-state index contributed by atoms with van der Waals surface area (Å²) in [4.78, 5) is 0. The van der Waals surface area contributed by atoms with E-state index in [2.05, 4.69) is 10.0 Å². The number of rotatable bonds is 7. The molecular formula is C11H19N3O4S. The maximum atomic E-state index is 10.9. The minimum atomic E-state index is -3.78. The third-order valence-electron chi connectivity index (χ3n) is 2.39. The van der Waals surface area contributed by atoms with E-state index in [4.69, 9.17) is 14.6 Å². The van der Waals surface area contributed by atoms with E-state index in [0.29, 0.717) is 5.69 Å². The van der Waals surface area contributed by atoms with Crippen molar-refractivity contribution in [2.24, 2.45) is 5.14 Å². The average Bonchev–Trinajstić information content (AvgIpc) is 2.28. The van der Waals surface area contributed by atoms with E-state index in [0.717, 1.165) is 5.69 Å². The van der Waals surface area contributed by atoms with Crippen LogP contribution in [-0.4, -0.2) is 35.0 Å². The summed E-state index contributed by atoms with van der Waals surface area (Å²) in [6.45, 7) is 1.89. The average molecular weight is 289 g/mol.